The minimum absolute atomic E-state index is 0.332. The molecule has 124 valence electrons. The van der Waals surface area contributed by atoms with Gasteiger partial charge in [-0.3, -0.25) is 4.79 Å². The fraction of sp³-hybridized carbons (Fsp3) is 0.125. The summed E-state index contributed by atoms with van der Waals surface area (Å²) in [5.74, 6) is 0.337. The van der Waals surface area contributed by atoms with Crippen LogP contribution in [0.4, 0.5) is 5.82 Å². The smallest absolute Gasteiger partial charge is 0.262 e. The summed E-state index contributed by atoms with van der Waals surface area (Å²) < 4.78 is 7.27. The van der Waals surface area contributed by atoms with Crippen molar-refractivity contribution in [3.05, 3.63) is 58.1 Å². The molecule has 24 heavy (non-hydrogen) atoms. The van der Waals surface area contributed by atoms with Crippen molar-refractivity contribution in [3.8, 4) is 10.8 Å². The van der Waals surface area contributed by atoms with Gasteiger partial charge in [-0.25, -0.2) is 4.68 Å². The van der Waals surface area contributed by atoms with Crippen molar-refractivity contribution >= 4 is 34.7 Å². The molecule has 1 amide bonds. The number of hydrogen-bond donors (Lipinski definition) is 2. The van der Waals surface area contributed by atoms with Gasteiger partial charge in [-0.2, -0.15) is 5.10 Å². The van der Waals surface area contributed by atoms with E-state index in [1.54, 1.807) is 18.3 Å². The molecule has 0 bridgehead atoms. The second kappa shape index (κ2) is 6.94. The van der Waals surface area contributed by atoms with Crippen molar-refractivity contribution in [3.63, 3.8) is 0 Å². The van der Waals surface area contributed by atoms with Crippen LogP contribution in [-0.4, -0.2) is 22.3 Å². The van der Waals surface area contributed by atoms with E-state index < -0.39 is 5.91 Å². The van der Waals surface area contributed by atoms with Crippen LogP contribution in [0.1, 0.15) is 15.2 Å². The summed E-state index contributed by atoms with van der Waals surface area (Å²) in [5, 5.41) is 5.47. The number of ether oxygens (including phenoxy) is 1. The fourth-order valence-corrected chi connectivity index (χ4v) is 3.38. The molecule has 0 radical (unpaired) electrons. The highest BCUT2D eigenvalue weighted by Gasteiger charge is 2.17. The molecular formula is C16H15ClN4O2S. The van der Waals surface area contributed by atoms with Crippen LogP contribution in [0.5, 0.6) is 5.75 Å². The molecule has 3 aromatic rings. The lowest BCUT2D eigenvalue weighted by Crippen LogP contribution is -2.11. The molecule has 8 heteroatoms. The Labute approximate surface area is 147 Å². The van der Waals surface area contributed by atoms with Crippen molar-refractivity contribution < 1.29 is 9.53 Å². The molecule has 2 heterocycles. The van der Waals surface area contributed by atoms with E-state index in [0.29, 0.717) is 39.5 Å². The highest BCUT2D eigenvalue weighted by molar-refractivity contribution is 7.16. The number of rotatable bonds is 6. The van der Waals surface area contributed by atoms with E-state index in [1.807, 2.05) is 24.3 Å². The summed E-state index contributed by atoms with van der Waals surface area (Å²) in [6, 6.07) is 10.9. The zero-order chi connectivity index (χ0) is 17.1. The third-order valence-corrected chi connectivity index (χ3v) is 4.85. The monoisotopic (exact) mass is 362 g/mol. The molecule has 0 unspecified atom stereocenters. The van der Waals surface area contributed by atoms with Gasteiger partial charge in [0.15, 0.2) is 0 Å². The number of thiophene rings is 1. The van der Waals surface area contributed by atoms with E-state index in [-0.39, 0.29) is 0 Å². The molecule has 6 nitrogen and oxygen atoms in total. The Morgan fingerprint density at radius 3 is 2.79 bits per heavy atom. The van der Waals surface area contributed by atoms with Crippen molar-refractivity contribution in [2.75, 3.05) is 12.3 Å². The first-order valence-electron chi connectivity index (χ1n) is 7.16. The molecule has 0 saturated carbocycles. The second-order valence-corrected chi connectivity index (χ2v) is 6.44. The zero-order valence-electron chi connectivity index (χ0n) is 12.6. The first kappa shape index (κ1) is 16.4. The van der Waals surface area contributed by atoms with E-state index in [1.165, 1.54) is 16.0 Å². The normalized spacial score (nSPS) is 10.7. The summed E-state index contributed by atoms with van der Waals surface area (Å²) in [4.78, 5) is 12.0. The number of carbonyl (C=O) groups is 1. The number of aromatic nitrogens is 2. The number of nitrogen functional groups attached to an aromatic ring is 1. The van der Waals surface area contributed by atoms with Crippen molar-refractivity contribution in [1.82, 2.24) is 9.78 Å². The maximum Gasteiger partial charge on any atom is 0.262 e. The van der Waals surface area contributed by atoms with Crippen LogP contribution in [0.2, 0.25) is 5.02 Å². The summed E-state index contributed by atoms with van der Waals surface area (Å²) in [7, 11) is 0. The molecule has 1 aromatic carbocycles. The van der Waals surface area contributed by atoms with Crippen molar-refractivity contribution in [2.45, 2.75) is 6.42 Å². The fourth-order valence-electron chi connectivity index (χ4n) is 2.22. The van der Waals surface area contributed by atoms with Crippen LogP contribution in [0.25, 0.3) is 5.00 Å². The number of halogens is 1. The molecule has 0 aliphatic rings. The van der Waals surface area contributed by atoms with Crippen LogP contribution in [-0.2, 0) is 6.42 Å². The second-order valence-electron chi connectivity index (χ2n) is 5.00. The number of hydrogen-bond acceptors (Lipinski definition) is 5. The molecule has 0 aliphatic heterocycles. The van der Waals surface area contributed by atoms with Crippen LogP contribution in [0, 0.1) is 0 Å². The van der Waals surface area contributed by atoms with E-state index in [9.17, 15) is 4.79 Å². The van der Waals surface area contributed by atoms with E-state index in [4.69, 9.17) is 27.8 Å². The predicted molar refractivity (Wildman–Crippen MR) is 95.0 cm³/mol. The molecule has 0 atom stereocenters. The topological polar surface area (TPSA) is 96.2 Å². The molecule has 0 fully saturated rings. The molecule has 3 rings (SSSR count). The minimum atomic E-state index is -0.551. The Kier molecular flexibility index (Phi) is 4.73. The maximum atomic E-state index is 11.6. The van der Waals surface area contributed by atoms with Gasteiger partial charge >= 0.3 is 0 Å². The lowest BCUT2D eigenvalue weighted by molar-refractivity contribution is 0.100. The van der Waals surface area contributed by atoms with E-state index in [2.05, 4.69) is 5.10 Å². The molecule has 4 N–H and O–H groups in total. The molecular weight excluding hydrogens is 348 g/mol. The van der Waals surface area contributed by atoms with E-state index >= 15 is 0 Å². The van der Waals surface area contributed by atoms with Gasteiger partial charge in [0.25, 0.3) is 5.91 Å². The van der Waals surface area contributed by atoms with Crippen LogP contribution >= 0.6 is 22.9 Å². The van der Waals surface area contributed by atoms with E-state index in [0.717, 1.165) is 5.56 Å². The Morgan fingerprint density at radius 1 is 1.33 bits per heavy atom. The average molecular weight is 363 g/mol. The molecule has 2 aromatic heterocycles. The first-order chi connectivity index (χ1) is 11.6. The first-order valence-corrected chi connectivity index (χ1v) is 8.35. The SMILES string of the molecule is NC(=O)c1sc(-n2nccc2N)cc1OCCc1ccccc1Cl. The molecule has 0 aliphatic carbocycles. The van der Waals surface area contributed by atoms with Gasteiger partial charge in [0.1, 0.15) is 21.4 Å². The van der Waals surface area contributed by atoms with Gasteiger partial charge in [0.2, 0.25) is 0 Å². The summed E-state index contributed by atoms with van der Waals surface area (Å²) >= 11 is 7.31. The van der Waals surface area contributed by atoms with Gasteiger partial charge < -0.3 is 16.2 Å². The van der Waals surface area contributed by atoms with Gasteiger partial charge in [0, 0.05) is 23.6 Å². The Balaban J connectivity index is 1.77. The van der Waals surface area contributed by atoms with Gasteiger partial charge in [-0.1, -0.05) is 29.8 Å². The van der Waals surface area contributed by atoms with Gasteiger partial charge in [0.05, 0.1) is 12.8 Å². The third kappa shape index (κ3) is 3.37. The number of anilines is 1. The standard InChI is InChI=1S/C16H15ClN4O2S/c17-11-4-2-1-3-10(11)6-8-23-12-9-14(24-15(12)16(19)22)21-13(18)5-7-20-21/h1-5,7,9H,6,8,18H2,(H2,19,22). The van der Waals surface area contributed by atoms with Crippen LogP contribution < -0.4 is 16.2 Å². The Hall–Kier alpha value is -2.51. The lowest BCUT2D eigenvalue weighted by Gasteiger charge is -2.07. The average Bonchev–Trinajstić information content (AvgIpc) is 3.15. The lowest BCUT2D eigenvalue weighted by atomic mass is 10.2. The van der Waals surface area contributed by atoms with Crippen LogP contribution in [0.15, 0.2) is 42.6 Å². The summed E-state index contributed by atoms with van der Waals surface area (Å²) in [6.45, 7) is 0.370. The number of nitrogens with two attached hydrogens (primary N) is 2. The molecule has 0 saturated heterocycles. The Morgan fingerprint density at radius 2 is 2.12 bits per heavy atom. The zero-order valence-corrected chi connectivity index (χ0v) is 14.2. The highest BCUT2D eigenvalue weighted by atomic mass is 35.5. The summed E-state index contributed by atoms with van der Waals surface area (Å²) in [6.07, 6.45) is 2.20. The maximum absolute atomic E-state index is 11.6. The van der Waals surface area contributed by atoms with Gasteiger partial charge in [-0.15, -0.1) is 11.3 Å². The number of primary amides is 1. The highest BCUT2D eigenvalue weighted by Crippen LogP contribution is 2.32. The van der Waals surface area contributed by atoms with Gasteiger partial charge in [-0.05, 0) is 11.6 Å². The predicted octanol–water partition coefficient (Wildman–Crippen LogP) is 2.89. The summed E-state index contributed by atoms with van der Waals surface area (Å²) in [5.41, 5.74) is 12.3. The van der Waals surface area contributed by atoms with Crippen molar-refractivity contribution in [1.29, 1.82) is 0 Å². The third-order valence-electron chi connectivity index (χ3n) is 3.38. The Bertz CT molecular complexity index is 875. The minimum Gasteiger partial charge on any atom is -0.491 e. The number of nitrogens with zero attached hydrogens (tertiary/aromatic N) is 2. The number of carbonyl (C=O) groups excluding carboxylic acids is 1. The van der Waals surface area contributed by atoms with Crippen LogP contribution in [0.3, 0.4) is 0 Å². The number of benzene rings is 1. The largest absolute Gasteiger partial charge is 0.491 e. The molecule has 0 spiro atoms. The number of amides is 1. The van der Waals surface area contributed by atoms with Crippen molar-refractivity contribution in [2.24, 2.45) is 5.73 Å². The quantitative estimate of drug-likeness (QED) is 0.704.